The van der Waals surface area contributed by atoms with Gasteiger partial charge in [-0.15, -0.1) is 0 Å². The Morgan fingerprint density at radius 2 is 2.30 bits per heavy atom. The lowest BCUT2D eigenvalue weighted by molar-refractivity contribution is -0.115. The van der Waals surface area contributed by atoms with E-state index in [9.17, 15) is 4.79 Å². The summed E-state index contributed by atoms with van der Waals surface area (Å²) in [4.78, 5) is 18.0. The molecule has 1 aliphatic heterocycles. The molecule has 2 rings (SSSR count). The monoisotopic (exact) mass is 289 g/mol. The van der Waals surface area contributed by atoms with E-state index in [0.29, 0.717) is 17.4 Å². The number of thioether (sulfide) groups is 1. The highest BCUT2D eigenvalue weighted by atomic mass is 32.2. The molecule has 0 spiro atoms. The Kier molecular flexibility index (Phi) is 4.60. The number of carbonyl (C=O) groups excluding carboxylic acids is 1. The summed E-state index contributed by atoms with van der Waals surface area (Å²) in [7, 11) is 0. The number of para-hydroxylation sites is 1. The zero-order valence-corrected chi connectivity index (χ0v) is 12.8. The van der Waals surface area contributed by atoms with Crippen molar-refractivity contribution in [2.45, 2.75) is 27.2 Å². The Morgan fingerprint density at radius 1 is 1.55 bits per heavy atom. The topological polar surface area (TPSA) is 56.5 Å². The number of nitrogens with zero attached hydrogens (tertiary/aromatic N) is 2. The van der Waals surface area contributed by atoms with E-state index >= 15 is 0 Å². The minimum absolute atomic E-state index is 0.0504. The van der Waals surface area contributed by atoms with Crippen molar-refractivity contribution in [1.82, 2.24) is 0 Å². The van der Waals surface area contributed by atoms with Gasteiger partial charge in [0.2, 0.25) is 5.91 Å². The molecule has 1 aromatic rings. The Balaban J connectivity index is 2.43. The number of hydrogen-bond acceptors (Lipinski definition) is 4. The van der Waals surface area contributed by atoms with E-state index < -0.39 is 0 Å². The number of carbonyl (C=O) groups is 1. The van der Waals surface area contributed by atoms with Crippen molar-refractivity contribution in [3.63, 3.8) is 0 Å². The first-order valence-corrected chi connectivity index (χ1v) is 7.71. The predicted octanol–water partition coefficient (Wildman–Crippen LogP) is 3.76. The van der Waals surface area contributed by atoms with Crippen molar-refractivity contribution in [1.29, 1.82) is 5.41 Å². The van der Waals surface area contributed by atoms with Crippen LogP contribution in [0, 0.1) is 18.3 Å². The van der Waals surface area contributed by atoms with Gasteiger partial charge in [-0.1, -0.05) is 37.7 Å². The Morgan fingerprint density at radius 3 is 2.90 bits per heavy atom. The molecule has 1 fully saturated rings. The van der Waals surface area contributed by atoms with Gasteiger partial charge in [0, 0.05) is 6.21 Å². The van der Waals surface area contributed by atoms with Crippen molar-refractivity contribution in [3.05, 3.63) is 23.8 Å². The maximum atomic E-state index is 12.0. The van der Waals surface area contributed by atoms with Gasteiger partial charge >= 0.3 is 0 Å². The van der Waals surface area contributed by atoms with Gasteiger partial charge < -0.3 is 0 Å². The highest BCUT2D eigenvalue weighted by Gasteiger charge is 2.30. The Hall–Kier alpha value is -1.62. The van der Waals surface area contributed by atoms with Crippen molar-refractivity contribution in [2.24, 2.45) is 10.9 Å². The lowest BCUT2D eigenvalue weighted by Crippen LogP contribution is -2.28. The predicted molar refractivity (Wildman–Crippen MR) is 86.5 cm³/mol. The quantitative estimate of drug-likeness (QED) is 0.858. The van der Waals surface area contributed by atoms with Crippen LogP contribution in [0.2, 0.25) is 0 Å². The first-order chi connectivity index (χ1) is 9.54. The van der Waals surface area contributed by atoms with E-state index in [-0.39, 0.29) is 11.1 Å². The zero-order valence-electron chi connectivity index (χ0n) is 12.0. The summed E-state index contributed by atoms with van der Waals surface area (Å²) in [6, 6.07) is 5.73. The molecule has 1 amide bonds. The number of aryl methyl sites for hydroxylation is 1. The molecule has 0 radical (unpaired) electrons. The van der Waals surface area contributed by atoms with Crippen molar-refractivity contribution < 1.29 is 4.79 Å². The van der Waals surface area contributed by atoms with E-state index in [1.54, 1.807) is 0 Å². The maximum absolute atomic E-state index is 12.0. The molecule has 1 aliphatic rings. The number of aliphatic imine (C=N–C) groups is 1. The van der Waals surface area contributed by atoms with Crippen molar-refractivity contribution in [2.75, 3.05) is 10.7 Å². The van der Waals surface area contributed by atoms with Gasteiger partial charge in [0.05, 0.1) is 17.1 Å². The molecule has 0 aliphatic carbocycles. The molecule has 0 bridgehead atoms. The van der Waals surface area contributed by atoms with E-state index in [4.69, 9.17) is 5.41 Å². The average Bonchev–Trinajstić information content (AvgIpc) is 2.76. The highest BCUT2D eigenvalue weighted by Crippen LogP contribution is 2.36. The van der Waals surface area contributed by atoms with Crippen LogP contribution in [0.5, 0.6) is 0 Å². The number of benzene rings is 1. The highest BCUT2D eigenvalue weighted by molar-refractivity contribution is 8.15. The first kappa shape index (κ1) is 14.8. The van der Waals surface area contributed by atoms with Crippen molar-refractivity contribution >= 4 is 40.4 Å². The minimum atomic E-state index is -0.0504. The molecule has 0 aromatic heterocycles. The zero-order chi connectivity index (χ0) is 14.7. The van der Waals surface area contributed by atoms with E-state index in [2.05, 4.69) is 18.8 Å². The van der Waals surface area contributed by atoms with E-state index in [0.717, 1.165) is 17.7 Å². The first-order valence-electron chi connectivity index (χ1n) is 6.72. The molecule has 1 saturated heterocycles. The second-order valence-electron chi connectivity index (χ2n) is 4.93. The third-order valence-corrected chi connectivity index (χ3v) is 4.19. The second kappa shape index (κ2) is 6.22. The summed E-state index contributed by atoms with van der Waals surface area (Å²) in [5.74, 6) is 0.678. The molecule has 1 N–H and O–H groups in total. The van der Waals surface area contributed by atoms with Crippen LogP contribution in [0.15, 0.2) is 23.2 Å². The van der Waals surface area contributed by atoms with Gasteiger partial charge in [0.25, 0.3) is 0 Å². The fourth-order valence-corrected chi connectivity index (χ4v) is 2.63. The standard InChI is InChI=1S/C15H19N3OS/c1-4-10(2)8-17-14-11(3)6-5-7-12(14)18-13(19)9-20-15(18)16/h5-8,10,16H,4,9H2,1-3H3. The summed E-state index contributed by atoms with van der Waals surface area (Å²) >= 11 is 1.26. The minimum Gasteiger partial charge on any atom is -0.278 e. The fourth-order valence-electron chi connectivity index (χ4n) is 1.92. The van der Waals surface area contributed by atoms with Crippen molar-refractivity contribution in [3.8, 4) is 0 Å². The van der Waals surface area contributed by atoms with Gasteiger partial charge in [-0.2, -0.15) is 0 Å². The number of anilines is 1. The molecule has 1 aromatic carbocycles. The molecular weight excluding hydrogens is 270 g/mol. The summed E-state index contributed by atoms with van der Waals surface area (Å²) in [6.45, 7) is 6.20. The largest absolute Gasteiger partial charge is 0.278 e. The molecule has 0 saturated carbocycles. The molecule has 1 unspecified atom stereocenters. The Labute approximate surface area is 123 Å². The number of nitrogens with one attached hydrogen (secondary N) is 1. The third-order valence-electron chi connectivity index (χ3n) is 3.34. The van der Waals surface area contributed by atoms with Gasteiger partial charge in [0.1, 0.15) is 0 Å². The van der Waals surface area contributed by atoms with E-state index in [1.807, 2.05) is 31.3 Å². The number of rotatable bonds is 4. The van der Waals surface area contributed by atoms with Gasteiger partial charge in [0.15, 0.2) is 5.17 Å². The summed E-state index contributed by atoms with van der Waals surface area (Å²) < 4.78 is 0. The van der Waals surface area contributed by atoms with Crippen LogP contribution < -0.4 is 4.90 Å². The van der Waals surface area contributed by atoms with E-state index in [1.165, 1.54) is 16.7 Å². The van der Waals surface area contributed by atoms with Crippen LogP contribution in [0.25, 0.3) is 0 Å². The van der Waals surface area contributed by atoms with Crippen LogP contribution in [0.1, 0.15) is 25.8 Å². The van der Waals surface area contributed by atoms with Crippen LogP contribution in [-0.2, 0) is 4.79 Å². The van der Waals surface area contributed by atoms with Crippen LogP contribution in [-0.4, -0.2) is 23.0 Å². The average molecular weight is 289 g/mol. The SMILES string of the molecule is CCC(C)C=Nc1c(C)cccc1N1C(=N)SCC1=O. The third kappa shape index (κ3) is 2.93. The number of amides is 1. The van der Waals surface area contributed by atoms with Gasteiger partial charge in [-0.25, -0.2) is 0 Å². The van der Waals surface area contributed by atoms with Crippen LogP contribution in [0.3, 0.4) is 0 Å². The van der Waals surface area contributed by atoms with Gasteiger partial charge in [-0.05, 0) is 30.9 Å². The molecule has 1 atom stereocenters. The molecule has 4 nitrogen and oxygen atoms in total. The molecular formula is C15H19N3OS. The van der Waals surface area contributed by atoms with Crippen LogP contribution in [0.4, 0.5) is 11.4 Å². The fraction of sp³-hybridized carbons (Fsp3) is 0.400. The smallest absolute Gasteiger partial charge is 0.243 e. The molecule has 106 valence electrons. The number of hydrogen-bond donors (Lipinski definition) is 1. The van der Waals surface area contributed by atoms with Crippen LogP contribution >= 0.6 is 11.8 Å². The summed E-state index contributed by atoms with van der Waals surface area (Å²) in [5.41, 5.74) is 2.51. The summed E-state index contributed by atoms with van der Waals surface area (Å²) in [5, 5.41) is 8.19. The molecule has 5 heteroatoms. The maximum Gasteiger partial charge on any atom is 0.243 e. The Bertz CT molecular complexity index is 552. The lowest BCUT2D eigenvalue weighted by Gasteiger charge is -2.18. The summed E-state index contributed by atoms with van der Waals surface area (Å²) in [6.07, 6.45) is 2.95. The number of amidine groups is 1. The molecule has 1 heterocycles. The molecule has 20 heavy (non-hydrogen) atoms. The normalized spacial score (nSPS) is 17.2. The lowest BCUT2D eigenvalue weighted by atomic mass is 10.1. The second-order valence-corrected chi connectivity index (χ2v) is 5.89. The van der Waals surface area contributed by atoms with Gasteiger partial charge in [-0.3, -0.25) is 20.1 Å².